The number of benzene rings is 1. The minimum atomic E-state index is -0.564. The minimum absolute atomic E-state index is 0.0453. The summed E-state index contributed by atoms with van der Waals surface area (Å²) in [5, 5.41) is 12.5. The van der Waals surface area contributed by atoms with Gasteiger partial charge in [0.1, 0.15) is 16.6 Å². The molecular weight excluding hydrogens is 374 g/mol. The summed E-state index contributed by atoms with van der Waals surface area (Å²) in [6.07, 6.45) is 1.52. The van der Waals surface area contributed by atoms with Crippen LogP contribution in [0.2, 0.25) is 0 Å². The van der Waals surface area contributed by atoms with E-state index >= 15 is 0 Å². The van der Waals surface area contributed by atoms with Gasteiger partial charge >= 0.3 is 5.97 Å². The van der Waals surface area contributed by atoms with Gasteiger partial charge in [-0.3, -0.25) is 4.79 Å². The predicted octanol–water partition coefficient (Wildman–Crippen LogP) is 4.15. The zero-order valence-electron chi connectivity index (χ0n) is 16.6. The molecule has 0 fully saturated rings. The van der Waals surface area contributed by atoms with Gasteiger partial charge in [-0.25, -0.2) is 4.79 Å². The van der Waals surface area contributed by atoms with E-state index in [0.29, 0.717) is 10.6 Å². The van der Waals surface area contributed by atoms with Crippen LogP contribution in [0, 0.1) is 25.2 Å². The Morgan fingerprint density at radius 2 is 1.89 bits per heavy atom. The van der Waals surface area contributed by atoms with Crippen LogP contribution in [0.25, 0.3) is 6.08 Å². The number of ether oxygens (including phenoxy) is 1. The summed E-state index contributed by atoms with van der Waals surface area (Å²) in [5.74, 6) is -1.05. The monoisotopic (exact) mass is 397 g/mol. The van der Waals surface area contributed by atoms with Crippen molar-refractivity contribution in [2.45, 2.75) is 20.8 Å². The van der Waals surface area contributed by atoms with Crippen LogP contribution in [0.5, 0.6) is 0 Å². The molecule has 0 aliphatic heterocycles. The average Bonchev–Trinajstić information content (AvgIpc) is 2.93. The van der Waals surface area contributed by atoms with Crippen molar-refractivity contribution < 1.29 is 14.3 Å². The maximum absolute atomic E-state index is 12.6. The maximum atomic E-state index is 12.6. The zero-order valence-corrected chi connectivity index (χ0v) is 17.4. The van der Waals surface area contributed by atoms with E-state index in [1.54, 1.807) is 13.8 Å². The summed E-state index contributed by atoms with van der Waals surface area (Å²) < 4.78 is 5.09. The molecule has 7 heteroatoms. The molecule has 0 saturated heterocycles. The lowest BCUT2D eigenvalue weighted by atomic mass is 10.1. The molecule has 0 bridgehead atoms. The fraction of sp³-hybridized carbons (Fsp3) is 0.286. The molecule has 0 spiro atoms. The predicted molar refractivity (Wildman–Crippen MR) is 113 cm³/mol. The lowest BCUT2D eigenvalue weighted by Crippen LogP contribution is -2.16. The summed E-state index contributed by atoms with van der Waals surface area (Å²) in [5.41, 5.74) is 2.81. The number of hydrogen-bond donors (Lipinski definition) is 1. The van der Waals surface area contributed by atoms with Crippen LogP contribution in [0.1, 0.15) is 33.3 Å². The van der Waals surface area contributed by atoms with Crippen molar-refractivity contribution in [3.8, 4) is 6.07 Å². The normalized spacial score (nSPS) is 10.9. The van der Waals surface area contributed by atoms with Crippen molar-refractivity contribution in [3.05, 3.63) is 51.4 Å². The number of carbonyl (C=O) groups excluding carboxylic acids is 2. The first-order valence-electron chi connectivity index (χ1n) is 8.76. The smallest absolute Gasteiger partial charge is 0.341 e. The van der Waals surface area contributed by atoms with Crippen molar-refractivity contribution in [1.29, 1.82) is 5.26 Å². The van der Waals surface area contributed by atoms with Gasteiger partial charge in [0, 0.05) is 24.7 Å². The maximum Gasteiger partial charge on any atom is 0.341 e. The molecule has 146 valence electrons. The van der Waals surface area contributed by atoms with E-state index < -0.39 is 11.9 Å². The van der Waals surface area contributed by atoms with Crippen molar-refractivity contribution in [3.63, 3.8) is 0 Å². The molecule has 1 aromatic carbocycles. The quantitative estimate of drug-likeness (QED) is 0.450. The molecule has 1 amide bonds. The lowest BCUT2D eigenvalue weighted by molar-refractivity contribution is -0.112. The van der Waals surface area contributed by atoms with Gasteiger partial charge in [-0.05, 0) is 50.1 Å². The van der Waals surface area contributed by atoms with Crippen LogP contribution < -0.4 is 10.2 Å². The molecule has 0 aliphatic rings. The van der Waals surface area contributed by atoms with Crippen molar-refractivity contribution in [2.75, 3.05) is 30.9 Å². The minimum Gasteiger partial charge on any atom is -0.462 e. The fourth-order valence-electron chi connectivity index (χ4n) is 2.52. The Morgan fingerprint density at radius 1 is 1.25 bits per heavy atom. The van der Waals surface area contributed by atoms with Crippen LogP contribution in [-0.4, -0.2) is 32.6 Å². The number of thiophene rings is 1. The summed E-state index contributed by atoms with van der Waals surface area (Å²) in [4.78, 5) is 27.7. The Labute approximate surface area is 169 Å². The molecule has 2 aromatic rings. The highest BCUT2D eigenvalue weighted by Gasteiger charge is 2.23. The number of esters is 1. The van der Waals surface area contributed by atoms with E-state index in [1.807, 2.05) is 56.3 Å². The third-order valence-corrected chi connectivity index (χ3v) is 5.30. The number of nitrogens with zero attached hydrogens (tertiary/aromatic N) is 2. The first kappa shape index (κ1) is 21.2. The Bertz CT molecular complexity index is 951. The lowest BCUT2D eigenvalue weighted by Gasteiger charge is -2.12. The molecule has 6 nitrogen and oxygen atoms in total. The Kier molecular flexibility index (Phi) is 6.96. The standard InChI is InChI=1S/C21H23N3O3S/c1-6-27-21(26)18-13(2)14(3)28-20(18)23-19(25)16(12-22)11-15-7-9-17(10-8-15)24(4)5/h7-11H,6H2,1-5H3,(H,23,25)/b16-11+. The van der Waals surface area contributed by atoms with Crippen molar-refractivity contribution in [2.24, 2.45) is 0 Å². The fourth-order valence-corrected chi connectivity index (χ4v) is 3.56. The highest BCUT2D eigenvalue weighted by atomic mass is 32.1. The Hall–Kier alpha value is -3.11. The summed E-state index contributed by atoms with van der Waals surface area (Å²) in [6, 6.07) is 9.42. The van der Waals surface area contributed by atoms with Gasteiger partial charge in [-0.2, -0.15) is 5.26 Å². The molecule has 1 N–H and O–H groups in total. The second-order valence-corrected chi connectivity index (χ2v) is 7.54. The van der Waals surface area contributed by atoms with Gasteiger partial charge in [-0.1, -0.05) is 12.1 Å². The highest BCUT2D eigenvalue weighted by Crippen LogP contribution is 2.33. The third-order valence-electron chi connectivity index (χ3n) is 4.18. The molecule has 0 atom stereocenters. The Balaban J connectivity index is 2.29. The van der Waals surface area contributed by atoms with Crippen LogP contribution in [0.15, 0.2) is 29.8 Å². The second-order valence-electron chi connectivity index (χ2n) is 6.32. The number of amides is 1. The molecule has 1 heterocycles. The molecular formula is C21H23N3O3S. The SMILES string of the molecule is CCOC(=O)c1c(NC(=O)/C(C#N)=C/c2ccc(N(C)C)cc2)sc(C)c1C. The first-order chi connectivity index (χ1) is 13.3. The molecule has 0 radical (unpaired) electrons. The number of rotatable bonds is 6. The summed E-state index contributed by atoms with van der Waals surface area (Å²) in [7, 11) is 3.87. The molecule has 0 unspecified atom stereocenters. The largest absolute Gasteiger partial charge is 0.462 e. The zero-order chi connectivity index (χ0) is 20.8. The van der Waals surface area contributed by atoms with Crippen LogP contribution >= 0.6 is 11.3 Å². The molecule has 28 heavy (non-hydrogen) atoms. The van der Waals surface area contributed by atoms with Crippen molar-refractivity contribution >= 4 is 40.0 Å². The van der Waals surface area contributed by atoms with E-state index in [9.17, 15) is 14.9 Å². The average molecular weight is 398 g/mol. The van der Waals surface area contributed by atoms with E-state index in [2.05, 4.69) is 5.32 Å². The first-order valence-corrected chi connectivity index (χ1v) is 9.57. The van der Waals surface area contributed by atoms with Gasteiger partial charge in [-0.15, -0.1) is 11.3 Å². The summed E-state index contributed by atoms with van der Waals surface area (Å²) >= 11 is 1.29. The van der Waals surface area contributed by atoms with Gasteiger partial charge in [0.05, 0.1) is 12.2 Å². The molecule has 0 saturated carbocycles. The van der Waals surface area contributed by atoms with Crippen molar-refractivity contribution in [1.82, 2.24) is 0 Å². The van der Waals surface area contributed by atoms with Crippen LogP contribution in [0.4, 0.5) is 10.7 Å². The highest BCUT2D eigenvalue weighted by molar-refractivity contribution is 7.16. The van der Waals surface area contributed by atoms with Gasteiger partial charge < -0.3 is 15.0 Å². The number of aryl methyl sites for hydroxylation is 1. The second kappa shape index (κ2) is 9.20. The van der Waals surface area contributed by atoms with E-state index in [0.717, 1.165) is 21.7 Å². The molecule has 0 aliphatic carbocycles. The topological polar surface area (TPSA) is 82.4 Å². The molecule has 2 rings (SSSR count). The number of anilines is 2. The van der Waals surface area contributed by atoms with E-state index in [4.69, 9.17) is 4.74 Å². The van der Waals surface area contributed by atoms with Gasteiger partial charge in [0.25, 0.3) is 5.91 Å². The number of nitrogens with one attached hydrogen (secondary N) is 1. The summed E-state index contributed by atoms with van der Waals surface area (Å²) in [6.45, 7) is 5.64. The van der Waals surface area contributed by atoms with E-state index in [1.165, 1.54) is 17.4 Å². The van der Waals surface area contributed by atoms with Gasteiger partial charge in [0.15, 0.2) is 0 Å². The Morgan fingerprint density at radius 3 is 2.43 bits per heavy atom. The third kappa shape index (κ3) is 4.78. The number of carbonyl (C=O) groups is 2. The number of hydrogen-bond acceptors (Lipinski definition) is 6. The van der Waals surface area contributed by atoms with E-state index in [-0.39, 0.29) is 12.2 Å². The van der Waals surface area contributed by atoms with Crippen LogP contribution in [-0.2, 0) is 9.53 Å². The number of nitriles is 1. The van der Waals surface area contributed by atoms with Gasteiger partial charge in [0.2, 0.25) is 0 Å². The van der Waals surface area contributed by atoms with Crippen LogP contribution in [0.3, 0.4) is 0 Å². The molecule has 1 aromatic heterocycles.